The third kappa shape index (κ3) is 7.68. The minimum absolute atomic E-state index is 0. The van der Waals surface area contributed by atoms with Gasteiger partial charge in [-0.15, -0.1) is 24.0 Å². The molecule has 2 atom stereocenters. The van der Waals surface area contributed by atoms with Crippen LogP contribution in [-0.4, -0.2) is 61.9 Å². The number of halogens is 2. The van der Waals surface area contributed by atoms with Crippen molar-refractivity contribution in [2.45, 2.75) is 25.5 Å². The van der Waals surface area contributed by atoms with Gasteiger partial charge >= 0.3 is 0 Å². The number of hydrogen-bond donors (Lipinski definition) is 3. The summed E-state index contributed by atoms with van der Waals surface area (Å²) in [5.41, 5.74) is 0.805. The number of ether oxygens (including phenoxy) is 1. The third-order valence-electron chi connectivity index (χ3n) is 5.49. The van der Waals surface area contributed by atoms with Crippen molar-refractivity contribution in [3.05, 3.63) is 71.5 Å². The Hall–Kier alpha value is -1.75. The summed E-state index contributed by atoms with van der Waals surface area (Å²) < 4.78 is 19.0. The zero-order valence-corrected chi connectivity index (χ0v) is 21.1. The number of morpholine rings is 1. The van der Waals surface area contributed by atoms with E-state index >= 15 is 0 Å². The molecule has 0 aliphatic carbocycles. The number of aliphatic hydroxyl groups is 1. The molecule has 0 saturated carbocycles. The molecular weight excluding hydrogens is 522 g/mol. The Morgan fingerprint density at radius 2 is 1.78 bits per heavy atom. The highest BCUT2D eigenvalue weighted by molar-refractivity contribution is 14.0. The minimum Gasteiger partial charge on any atom is -0.384 e. The van der Waals surface area contributed by atoms with Crippen molar-refractivity contribution < 1.29 is 14.2 Å². The van der Waals surface area contributed by atoms with E-state index in [0.717, 1.165) is 24.2 Å². The first-order chi connectivity index (χ1) is 15.0. The fourth-order valence-electron chi connectivity index (χ4n) is 3.69. The molecule has 3 N–H and O–H groups in total. The van der Waals surface area contributed by atoms with E-state index in [1.165, 1.54) is 12.1 Å². The van der Waals surface area contributed by atoms with Crippen LogP contribution in [0.25, 0.3) is 0 Å². The van der Waals surface area contributed by atoms with Crippen LogP contribution in [0.2, 0.25) is 0 Å². The maximum atomic E-state index is 13.5. The molecule has 3 rings (SSSR count). The van der Waals surface area contributed by atoms with Gasteiger partial charge in [0.05, 0.1) is 25.8 Å². The Morgan fingerprint density at radius 1 is 1.12 bits per heavy atom. The monoisotopic (exact) mass is 556 g/mol. The molecule has 0 spiro atoms. The summed E-state index contributed by atoms with van der Waals surface area (Å²) in [6.45, 7) is 8.32. The van der Waals surface area contributed by atoms with E-state index in [0.29, 0.717) is 32.3 Å². The van der Waals surface area contributed by atoms with Crippen molar-refractivity contribution in [1.29, 1.82) is 0 Å². The molecule has 0 radical (unpaired) electrons. The molecule has 1 aliphatic rings. The van der Waals surface area contributed by atoms with Gasteiger partial charge in [-0.05, 0) is 37.1 Å². The zero-order valence-electron chi connectivity index (χ0n) is 18.8. The Labute approximate surface area is 207 Å². The third-order valence-corrected chi connectivity index (χ3v) is 5.49. The first kappa shape index (κ1) is 26.5. The van der Waals surface area contributed by atoms with E-state index in [9.17, 15) is 9.50 Å². The molecule has 2 aromatic rings. The van der Waals surface area contributed by atoms with E-state index < -0.39 is 5.60 Å². The van der Waals surface area contributed by atoms with Crippen LogP contribution < -0.4 is 10.6 Å². The molecule has 1 aliphatic heterocycles. The van der Waals surface area contributed by atoms with Crippen molar-refractivity contribution in [1.82, 2.24) is 15.5 Å². The highest BCUT2D eigenvalue weighted by Crippen LogP contribution is 2.22. The number of nitrogens with zero attached hydrogens (tertiary/aromatic N) is 2. The van der Waals surface area contributed by atoms with Crippen LogP contribution in [0.4, 0.5) is 4.39 Å². The molecule has 2 unspecified atom stereocenters. The number of nitrogens with one attached hydrogen (secondary N) is 2. The van der Waals surface area contributed by atoms with Gasteiger partial charge in [-0.3, -0.25) is 4.90 Å². The molecule has 1 heterocycles. The summed E-state index contributed by atoms with van der Waals surface area (Å²) in [5.74, 6) is 0.398. The first-order valence-corrected chi connectivity index (χ1v) is 10.9. The van der Waals surface area contributed by atoms with Gasteiger partial charge in [-0.1, -0.05) is 42.5 Å². The molecule has 1 fully saturated rings. The summed E-state index contributed by atoms with van der Waals surface area (Å²) in [6.07, 6.45) is 0. The van der Waals surface area contributed by atoms with Crippen molar-refractivity contribution in [2.75, 3.05) is 45.9 Å². The molecule has 2 aromatic carbocycles. The summed E-state index contributed by atoms with van der Waals surface area (Å²) in [4.78, 5) is 6.97. The smallest absolute Gasteiger partial charge is 0.191 e. The van der Waals surface area contributed by atoms with Gasteiger partial charge in [-0.25, -0.2) is 9.38 Å². The Kier molecular flexibility index (Phi) is 10.8. The summed E-state index contributed by atoms with van der Waals surface area (Å²) in [6, 6.07) is 16.3. The van der Waals surface area contributed by atoms with Gasteiger partial charge in [-0.2, -0.15) is 0 Å². The Morgan fingerprint density at radius 3 is 2.41 bits per heavy atom. The second-order valence-corrected chi connectivity index (χ2v) is 7.93. The lowest BCUT2D eigenvalue weighted by Gasteiger charge is -2.35. The topological polar surface area (TPSA) is 69.1 Å². The number of hydrogen-bond acceptors (Lipinski definition) is 4. The van der Waals surface area contributed by atoms with Crippen molar-refractivity contribution in [2.24, 2.45) is 4.99 Å². The van der Waals surface area contributed by atoms with E-state index in [2.05, 4.69) is 20.5 Å². The first-order valence-electron chi connectivity index (χ1n) is 10.9. The van der Waals surface area contributed by atoms with E-state index in [1.54, 1.807) is 6.92 Å². The highest BCUT2D eigenvalue weighted by atomic mass is 127. The molecule has 1 saturated heterocycles. The Bertz CT molecular complexity index is 828. The lowest BCUT2D eigenvalue weighted by Crippen LogP contribution is -2.46. The number of benzene rings is 2. The lowest BCUT2D eigenvalue weighted by molar-refractivity contribution is 0.0169. The maximum absolute atomic E-state index is 13.5. The van der Waals surface area contributed by atoms with Crippen LogP contribution in [0.5, 0.6) is 0 Å². The number of guanidine groups is 1. The molecular formula is C24H34FIN4O2. The Balaban J connectivity index is 0.00000363. The van der Waals surface area contributed by atoms with Crippen LogP contribution in [0.3, 0.4) is 0 Å². The normalized spacial score (nSPS) is 17.7. The second-order valence-electron chi connectivity index (χ2n) is 7.93. The molecule has 0 bridgehead atoms. The largest absolute Gasteiger partial charge is 0.384 e. The molecule has 8 heteroatoms. The molecule has 176 valence electrons. The summed E-state index contributed by atoms with van der Waals surface area (Å²) in [7, 11) is 0. The average Bonchev–Trinajstić information content (AvgIpc) is 2.80. The quantitative estimate of drug-likeness (QED) is 0.265. The van der Waals surface area contributed by atoms with Gasteiger partial charge in [0.2, 0.25) is 0 Å². The van der Waals surface area contributed by atoms with Crippen molar-refractivity contribution in [3.8, 4) is 0 Å². The van der Waals surface area contributed by atoms with E-state index in [-0.39, 0.29) is 42.4 Å². The van der Waals surface area contributed by atoms with Gasteiger partial charge in [0.25, 0.3) is 0 Å². The SMILES string of the molecule is CCNC(=NCC(C)(O)c1ccccc1)NCC(c1ccc(F)cc1)N1CCOCC1.I. The van der Waals surface area contributed by atoms with Gasteiger partial charge in [0, 0.05) is 26.2 Å². The zero-order chi connectivity index (χ0) is 22.1. The molecule has 0 amide bonds. The fourth-order valence-corrected chi connectivity index (χ4v) is 3.69. The van der Waals surface area contributed by atoms with Crippen LogP contribution in [0.15, 0.2) is 59.6 Å². The van der Waals surface area contributed by atoms with E-state index in [4.69, 9.17) is 4.74 Å². The van der Waals surface area contributed by atoms with Gasteiger partial charge in [0.1, 0.15) is 11.4 Å². The molecule has 0 aromatic heterocycles. The van der Waals surface area contributed by atoms with E-state index in [1.807, 2.05) is 49.4 Å². The van der Waals surface area contributed by atoms with Crippen LogP contribution in [-0.2, 0) is 10.3 Å². The summed E-state index contributed by atoms with van der Waals surface area (Å²) in [5, 5.41) is 17.5. The highest BCUT2D eigenvalue weighted by Gasteiger charge is 2.24. The molecule has 6 nitrogen and oxygen atoms in total. The van der Waals surface area contributed by atoms with Crippen LogP contribution >= 0.6 is 24.0 Å². The fraction of sp³-hybridized carbons (Fsp3) is 0.458. The summed E-state index contributed by atoms with van der Waals surface area (Å²) >= 11 is 0. The number of rotatable bonds is 8. The van der Waals surface area contributed by atoms with Crippen molar-refractivity contribution >= 4 is 29.9 Å². The van der Waals surface area contributed by atoms with Gasteiger partial charge < -0.3 is 20.5 Å². The number of aliphatic imine (C=N–C) groups is 1. The predicted octanol–water partition coefficient (Wildman–Crippen LogP) is 3.28. The molecule has 32 heavy (non-hydrogen) atoms. The maximum Gasteiger partial charge on any atom is 0.191 e. The lowest BCUT2D eigenvalue weighted by atomic mass is 9.96. The average molecular weight is 556 g/mol. The van der Waals surface area contributed by atoms with Gasteiger partial charge in [0.15, 0.2) is 5.96 Å². The second kappa shape index (κ2) is 13.1. The minimum atomic E-state index is -1.07. The van der Waals surface area contributed by atoms with Crippen molar-refractivity contribution in [3.63, 3.8) is 0 Å². The standard InChI is InChI=1S/C24H33FN4O2.HI/c1-3-26-23(28-18-24(2,30)20-7-5-4-6-8-20)27-17-22(29-13-15-31-16-14-29)19-9-11-21(25)12-10-19;/h4-12,22,30H,3,13-18H2,1-2H3,(H2,26,27,28);1H. The predicted molar refractivity (Wildman–Crippen MR) is 137 cm³/mol. The van der Waals surface area contributed by atoms with Crippen LogP contribution in [0, 0.1) is 5.82 Å². The van der Waals surface area contributed by atoms with Crippen LogP contribution in [0.1, 0.15) is 31.0 Å².